The Balaban J connectivity index is 2.26. The van der Waals surface area contributed by atoms with Gasteiger partial charge in [-0.2, -0.15) is 0 Å². The molecule has 3 heteroatoms. The highest BCUT2D eigenvalue weighted by molar-refractivity contribution is 14.2. The van der Waals surface area contributed by atoms with Crippen LogP contribution in [0.15, 0.2) is 12.2 Å². The summed E-state index contributed by atoms with van der Waals surface area (Å²) >= 11 is 2.33. The van der Waals surface area contributed by atoms with Crippen LogP contribution in [0.4, 0.5) is 0 Å². The number of halogens is 1. The van der Waals surface area contributed by atoms with Crippen molar-refractivity contribution in [3.8, 4) is 0 Å². The van der Waals surface area contributed by atoms with Crippen molar-refractivity contribution < 1.29 is 0 Å². The van der Waals surface area contributed by atoms with Gasteiger partial charge < -0.3 is 0 Å². The third-order valence-electron chi connectivity index (χ3n) is 1.53. The Kier molecular flexibility index (Phi) is 3.35. The maximum atomic E-state index is 3.94. The molecule has 0 bridgehead atoms. The van der Waals surface area contributed by atoms with Gasteiger partial charge in [-0.15, -0.1) is 0 Å². The van der Waals surface area contributed by atoms with Gasteiger partial charge >= 0.3 is 0 Å². The van der Waals surface area contributed by atoms with Crippen LogP contribution in [-0.2, 0) is 0 Å². The average molecular weight is 255 g/mol. The summed E-state index contributed by atoms with van der Waals surface area (Å²) in [5, 5.41) is 0. The van der Waals surface area contributed by atoms with Crippen LogP contribution in [0, 0.1) is 0 Å². The summed E-state index contributed by atoms with van der Waals surface area (Å²) in [5.41, 5.74) is 1.41. The lowest BCUT2D eigenvalue weighted by Gasteiger charge is -2.23. The number of hydrogen-bond donors (Lipinski definition) is 0. The predicted octanol–water partition coefficient (Wildman–Crippen LogP) is 2.64. The molecule has 1 heterocycles. The van der Waals surface area contributed by atoms with E-state index in [9.17, 15) is 0 Å². The van der Waals surface area contributed by atoms with Crippen molar-refractivity contribution >= 4 is 30.3 Å². The summed E-state index contributed by atoms with van der Waals surface area (Å²) < 4.78 is 2.37. The van der Waals surface area contributed by atoms with E-state index in [0.29, 0.717) is 0 Å². The molecule has 0 aromatic heterocycles. The molecular formula is C6H10INS. The zero-order valence-corrected chi connectivity index (χ0v) is 8.24. The van der Waals surface area contributed by atoms with Crippen LogP contribution in [0.3, 0.4) is 0 Å². The van der Waals surface area contributed by atoms with E-state index in [0.717, 1.165) is 0 Å². The van der Waals surface area contributed by atoms with E-state index in [4.69, 9.17) is 0 Å². The first-order valence-corrected chi connectivity index (χ1v) is 6.35. The van der Waals surface area contributed by atoms with Gasteiger partial charge in [0, 0.05) is 34.3 Å². The molecule has 1 saturated heterocycles. The second kappa shape index (κ2) is 3.83. The highest BCUT2D eigenvalue weighted by Crippen LogP contribution is 2.24. The minimum absolute atomic E-state index is 1.19. The minimum atomic E-state index is 1.19. The summed E-state index contributed by atoms with van der Waals surface area (Å²) in [6.07, 6.45) is 2.38. The molecule has 1 fully saturated rings. The molecule has 0 amide bonds. The smallest absolute Gasteiger partial charge is 0.0146 e. The van der Waals surface area contributed by atoms with Gasteiger partial charge in [-0.3, -0.25) is 0 Å². The third-order valence-corrected chi connectivity index (χ3v) is 3.76. The quantitative estimate of drug-likeness (QED) is 0.402. The Hall–Kier alpha value is 0.780. The van der Waals surface area contributed by atoms with Crippen LogP contribution < -0.4 is 0 Å². The van der Waals surface area contributed by atoms with E-state index in [1.807, 2.05) is 9.12 Å². The highest BCUT2D eigenvalue weighted by atomic mass is 127. The molecule has 1 aliphatic rings. The van der Waals surface area contributed by atoms with E-state index < -0.39 is 0 Å². The van der Waals surface area contributed by atoms with Gasteiger partial charge in [0.15, 0.2) is 0 Å². The van der Waals surface area contributed by atoms with E-state index in [-0.39, 0.29) is 0 Å². The average Bonchev–Trinajstić information content (AvgIpc) is 1.90. The molecule has 9 heavy (non-hydrogen) atoms. The summed E-state index contributed by atoms with van der Waals surface area (Å²) in [6, 6.07) is 0. The molecule has 52 valence electrons. The fourth-order valence-corrected chi connectivity index (χ4v) is 2.37. The minimum Gasteiger partial charge on any atom is -0.241 e. The van der Waals surface area contributed by atoms with Crippen molar-refractivity contribution in [3.63, 3.8) is 0 Å². The molecule has 0 saturated carbocycles. The molecular weight excluding hydrogens is 245 g/mol. The number of rotatable bonds is 1. The van der Waals surface area contributed by atoms with Gasteiger partial charge in [0.1, 0.15) is 0 Å². The molecule has 0 aromatic rings. The van der Waals surface area contributed by atoms with Crippen molar-refractivity contribution in [1.82, 2.24) is 4.31 Å². The SMILES string of the molecule is C=C1CCN(SI)CC1. The lowest BCUT2D eigenvalue weighted by Crippen LogP contribution is -2.22. The van der Waals surface area contributed by atoms with Crippen molar-refractivity contribution in [1.29, 1.82) is 0 Å². The zero-order valence-electron chi connectivity index (χ0n) is 5.27. The summed E-state index contributed by atoms with van der Waals surface area (Å²) in [7, 11) is 1.81. The van der Waals surface area contributed by atoms with Gasteiger partial charge in [0.25, 0.3) is 0 Å². The second-order valence-corrected chi connectivity index (χ2v) is 4.08. The summed E-state index contributed by atoms with van der Waals surface area (Å²) in [5.74, 6) is 0. The van der Waals surface area contributed by atoms with E-state index >= 15 is 0 Å². The van der Waals surface area contributed by atoms with Crippen LogP contribution in [0.1, 0.15) is 12.8 Å². The van der Waals surface area contributed by atoms with Crippen LogP contribution in [0.2, 0.25) is 0 Å². The molecule has 1 nitrogen and oxygen atoms in total. The van der Waals surface area contributed by atoms with Gasteiger partial charge in [-0.25, -0.2) is 4.31 Å². The normalized spacial score (nSPS) is 22.6. The molecule has 1 rings (SSSR count). The van der Waals surface area contributed by atoms with E-state index in [1.165, 1.54) is 31.5 Å². The number of hydrogen-bond acceptors (Lipinski definition) is 2. The zero-order chi connectivity index (χ0) is 6.69. The van der Waals surface area contributed by atoms with Crippen molar-refractivity contribution in [2.75, 3.05) is 13.1 Å². The summed E-state index contributed by atoms with van der Waals surface area (Å²) in [4.78, 5) is 0. The predicted molar refractivity (Wildman–Crippen MR) is 51.6 cm³/mol. The van der Waals surface area contributed by atoms with Gasteiger partial charge in [-0.05, 0) is 22.0 Å². The van der Waals surface area contributed by atoms with Gasteiger partial charge in [-0.1, -0.05) is 12.2 Å². The van der Waals surface area contributed by atoms with Gasteiger partial charge in [0.2, 0.25) is 0 Å². The Bertz CT molecular complexity index is 106. The lowest BCUT2D eigenvalue weighted by molar-refractivity contribution is 0.440. The Morgan fingerprint density at radius 3 is 2.44 bits per heavy atom. The van der Waals surface area contributed by atoms with E-state index in [1.54, 1.807) is 0 Å². The third kappa shape index (κ3) is 2.47. The Morgan fingerprint density at radius 2 is 2.00 bits per heavy atom. The Morgan fingerprint density at radius 1 is 1.44 bits per heavy atom. The second-order valence-electron chi connectivity index (χ2n) is 2.25. The molecule has 0 aliphatic carbocycles. The molecule has 0 unspecified atom stereocenters. The maximum Gasteiger partial charge on any atom is 0.0146 e. The van der Waals surface area contributed by atoms with Crippen LogP contribution in [-0.4, -0.2) is 17.4 Å². The lowest BCUT2D eigenvalue weighted by atomic mass is 10.1. The number of piperidine rings is 1. The monoisotopic (exact) mass is 255 g/mol. The van der Waals surface area contributed by atoms with Gasteiger partial charge in [0.05, 0.1) is 0 Å². The van der Waals surface area contributed by atoms with Crippen molar-refractivity contribution in [3.05, 3.63) is 12.2 Å². The maximum absolute atomic E-state index is 3.94. The highest BCUT2D eigenvalue weighted by Gasteiger charge is 2.10. The molecule has 1 aliphatic heterocycles. The largest absolute Gasteiger partial charge is 0.241 e. The van der Waals surface area contributed by atoms with Crippen LogP contribution in [0.5, 0.6) is 0 Å². The molecule has 0 spiro atoms. The molecule has 0 aromatic carbocycles. The Labute approximate surface area is 72.6 Å². The fraction of sp³-hybridized carbons (Fsp3) is 0.667. The topological polar surface area (TPSA) is 3.24 Å². The van der Waals surface area contributed by atoms with Crippen LogP contribution >= 0.6 is 30.3 Å². The number of nitrogens with zero attached hydrogens (tertiary/aromatic N) is 1. The molecule has 0 atom stereocenters. The molecule has 0 N–H and O–H groups in total. The van der Waals surface area contributed by atoms with Crippen molar-refractivity contribution in [2.45, 2.75) is 12.8 Å². The van der Waals surface area contributed by atoms with E-state index in [2.05, 4.69) is 32.1 Å². The standard InChI is InChI=1S/C6H10INS/c1-6-2-4-8(9-7)5-3-6/h1-5H2. The van der Waals surface area contributed by atoms with Crippen molar-refractivity contribution in [2.24, 2.45) is 0 Å². The first-order valence-electron chi connectivity index (χ1n) is 3.03. The summed E-state index contributed by atoms with van der Waals surface area (Å²) in [6.45, 7) is 6.32. The first-order chi connectivity index (χ1) is 4.33. The molecule has 0 radical (unpaired) electrons. The van der Waals surface area contributed by atoms with Crippen LogP contribution in [0.25, 0.3) is 0 Å². The fourth-order valence-electron chi connectivity index (χ4n) is 0.871. The first kappa shape index (κ1) is 7.88.